The molecule has 1 atom stereocenters. The van der Waals surface area contributed by atoms with Crippen molar-refractivity contribution in [1.29, 1.82) is 0 Å². The smallest absolute Gasteiger partial charge is 0.0994 e. The molecule has 0 amide bonds. The highest BCUT2D eigenvalue weighted by Crippen LogP contribution is 2.31. The number of nitrogens with two attached hydrogens (primary N) is 1. The van der Waals surface area contributed by atoms with E-state index in [4.69, 9.17) is 5.73 Å². The van der Waals surface area contributed by atoms with E-state index in [0.29, 0.717) is 18.4 Å². The topological polar surface area (TPSA) is 43.8 Å². The summed E-state index contributed by atoms with van der Waals surface area (Å²) in [5, 5.41) is 0. The molecule has 3 heteroatoms. The maximum Gasteiger partial charge on any atom is 0.0994 e. The van der Waals surface area contributed by atoms with E-state index in [0.717, 1.165) is 0 Å². The van der Waals surface area contributed by atoms with Gasteiger partial charge in [-0.2, -0.15) is 0 Å². The SMILES string of the molecule is CC(C)C(CN)c1cncn1-c1cccc2c1CCCC2. The predicted molar refractivity (Wildman–Crippen MR) is 86.8 cm³/mol. The summed E-state index contributed by atoms with van der Waals surface area (Å²) in [6.07, 6.45) is 8.92. The average molecular weight is 283 g/mol. The van der Waals surface area contributed by atoms with Gasteiger partial charge in [0, 0.05) is 24.4 Å². The normalized spacial score (nSPS) is 16.0. The molecular weight excluding hydrogens is 258 g/mol. The third kappa shape index (κ3) is 2.62. The molecule has 1 aliphatic rings. The van der Waals surface area contributed by atoms with Crippen LogP contribution in [-0.2, 0) is 12.8 Å². The van der Waals surface area contributed by atoms with Crippen LogP contribution in [0.25, 0.3) is 5.69 Å². The standard InChI is InChI=1S/C18H25N3/c1-13(2)16(10-19)18-11-20-12-21(18)17-9-5-7-14-6-3-4-8-15(14)17/h5,7,9,11-13,16H,3-4,6,8,10,19H2,1-2H3. The molecule has 0 fully saturated rings. The summed E-state index contributed by atoms with van der Waals surface area (Å²) >= 11 is 0. The second kappa shape index (κ2) is 6.02. The third-order valence-corrected chi connectivity index (χ3v) is 4.74. The quantitative estimate of drug-likeness (QED) is 0.934. The van der Waals surface area contributed by atoms with Crippen molar-refractivity contribution in [2.45, 2.75) is 45.4 Å². The molecule has 1 aromatic heterocycles. The van der Waals surface area contributed by atoms with Crippen molar-refractivity contribution in [3.05, 3.63) is 47.5 Å². The first kappa shape index (κ1) is 14.3. The summed E-state index contributed by atoms with van der Waals surface area (Å²) in [5.41, 5.74) is 11.6. The van der Waals surface area contributed by atoms with Crippen molar-refractivity contribution in [3.63, 3.8) is 0 Å². The Morgan fingerprint density at radius 1 is 1.24 bits per heavy atom. The van der Waals surface area contributed by atoms with E-state index < -0.39 is 0 Å². The Labute approximate surface area is 127 Å². The van der Waals surface area contributed by atoms with E-state index in [-0.39, 0.29) is 0 Å². The number of benzene rings is 1. The molecular formula is C18H25N3. The van der Waals surface area contributed by atoms with Gasteiger partial charge >= 0.3 is 0 Å². The molecule has 2 aromatic rings. The van der Waals surface area contributed by atoms with Gasteiger partial charge in [-0.25, -0.2) is 4.98 Å². The first-order chi connectivity index (χ1) is 10.2. The Balaban J connectivity index is 2.08. The molecule has 0 bridgehead atoms. The van der Waals surface area contributed by atoms with Gasteiger partial charge in [0.25, 0.3) is 0 Å². The lowest BCUT2D eigenvalue weighted by molar-refractivity contribution is 0.489. The fraction of sp³-hybridized carbons (Fsp3) is 0.500. The van der Waals surface area contributed by atoms with Crippen molar-refractivity contribution in [2.24, 2.45) is 11.7 Å². The van der Waals surface area contributed by atoms with Crippen molar-refractivity contribution < 1.29 is 0 Å². The first-order valence-electron chi connectivity index (χ1n) is 8.05. The molecule has 0 aliphatic heterocycles. The van der Waals surface area contributed by atoms with Crippen LogP contribution >= 0.6 is 0 Å². The van der Waals surface area contributed by atoms with Crippen LogP contribution in [-0.4, -0.2) is 16.1 Å². The largest absolute Gasteiger partial charge is 0.330 e. The number of aromatic nitrogens is 2. The molecule has 1 heterocycles. The Bertz CT molecular complexity index is 613. The Morgan fingerprint density at radius 2 is 2.05 bits per heavy atom. The first-order valence-corrected chi connectivity index (χ1v) is 8.05. The Hall–Kier alpha value is -1.61. The molecule has 21 heavy (non-hydrogen) atoms. The number of fused-ring (bicyclic) bond motifs is 1. The van der Waals surface area contributed by atoms with Crippen LogP contribution in [0.4, 0.5) is 0 Å². The van der Waals surface area contributed by atoms with Crippen molar-refractivity contribution in [3.8, 4) is 5.69 Å². The molecule has 1 aliphatic carbocycles. The van der Waals surface area contributed by atoms with E-state index in [9.17, 15) is 0 Å². The zero-order chi connectivity index (χ0) is 14.8. The number of aryl methyl sites for hydroxylation is 1. The van der Waals surface area contributed by atoms with Gasteiger partial charge in [0.1, 0.15) is 0 Å². The predicted octanol–water partition coefficient (Wildman–Crippen LogP) is 3.45. The Morgan fingerprint density at radius 3 is 2.81 bits per heavy atom. The molecule has 0 saturated carbocycles. The van der Waals surface area contributed by atoms with Crippen LogP contribution in [0.2, 0.25) is 0 Å². The molecule has 0 spiro atoms. The zero-order valence-corrected chi connectivity index (χ0v) is 13.0. The molecule has 0 radical (unpaired) electrons. The maximum atomic E-state index is 6.01. The van der Waals surface area contributed by atoms with Gasteiger partial charge in [0.05, 0.1) is 12.0 Å². The zero-order valence-electron chi connectivity index (χ0n) is 13.0. The second-order valence-corrected chi connectivity index (χ2v) is 6.40. The van der Waals surface area contributed by atoms with Crippen LogP contribution in [0.3, 0.4) is 0 Å². The monoisotopic (exact) mass is 283 g/mol. The summed E-state index contributed by atoms with van der Waals surface area (Å²) in [6.45, 7) is 5.13. The summed E-state index contributed by atoms with van der Waals surface area (Å²) < 4.78 is 2.27. The van der Waals surface area contributed by atoms with E-state index >= 15 is 0 Å². The van der Waals surface area contributed by atoms with Crippen LogP contribution in [0.1, 0.15) is 49.4 Å². The molecule has 1 unspecified atom stereocenters. The van der Waals surface area contributed by atoms with E-state index in [1.165, 1.54) is 48.2 Å². The minimum absolute atomic E-state index is 0.354. The fourth-order valence-electron chi connectivity index (χ4n) is 3.50. The molecule has 112 valence electrons. The van der Waals surface area contributed by atoms with E-state index in [2.05, 4.69) is 41.6 Å². The maximum absolute atomic E-state index is 6.01. The molecule has 1 aromatic carbocycles. The van der Waals surface area contributed by atoms with Gasteiger partial charge in [-0.15, -0.1) is 0 Å². The number of rotatable bonds is 4. The third-order valence-electron chi connectivity index (χ3n) is 4.74. The highest BCUT2D eigenvalue weighted by Gasteiger charge is 2.21. The lowest BCUT2D eigenvalue weighted by atomic mass is 9.89. The fourth-order valence-corrected chi connectivity index (χ4v) is 3.50. The van der Waals surface area contributed by atoms with Gasteiger partial charge in [-0.1, -0.05) is 26.0 Å². The summed E-state index contributed by atoms with van der Waals surface area (Å²) in [4.78, 5) is 4.41. The van der Waals surface area contributed by atoms with Crippen LogP contribution < -0.4 is 5.73 Å². The molecule has 0 saturated heterocycles. The highest BCUT2D eigenvalue weighted by molar-refractivity contribution is 5.48. The van der Waals surface area contributed by atoms with Crippen LogP contribution in [0.15, 0.2) is 30.7 Å². The molecule has 2 N–H and O–H groups in total. The van der Waals surface area contributed by atoms with Gasteiger partial charge in [-0.05, 0) is 48.8 Å². The number of nitrogens with zero attached hydrogens (tertiary/aromatic N) is 2. The lowest BCUT2D eigenvalue weighted by Crippen LogP contribution is -2.21. The van der Waals surface area contributed by atoms with Crippen LogP contribution in [0.5, 0.6) is 0 Å². The van der Waals surface area contributed by atoms with E-state index in [1.807, 2.05) is 12.5 Å². The number of imidazole rings is 1. The van der Waals surface area contributed by atoms with Crippen molar-refractivity contribution in [1.82, 2.24) is 9.55 Å². The second-order valence-electron chi connectivity index (χ2n) is 6.40. The van der Waals surface area contributed by atoms with Gasteiger partial charge in [0.2, 0.25) is 0 Å². The minimum atomic E-state index is 0.354. The van der Waals surface area contributed by atoms with Gasteiger partial charge < -0.3 is 10.3 Å². The number of hydrogen-bond acceptors (Lipinski definition) is 2. The summed E-state index contributed by atoms with van der Waals surface area (Å²) in [5.74, 6) is 0.872. The minimum Gasteiger partial charge on any atom is -0.330 e. The molecule has 3 nitrogen and oxygen atoms in total. The number of hydrogen-bond donors (Lipinski definition) is 1. The van der Waals surface area contributed by atoms with E-state index in [1.54, 1.807) is 0 Å². The Kier molecular flexibility index (Phi) is 4.11. The van der Waals surface area contributed by atoms with Gasteiger partial charge in [0.15, 0.2) is 0 Å². The van der Waals surface area contributed by atoms with Gasteiger partial charge in [-0.3, -0.25) is 0 Å². The van der Waals surface area contributed by atoms with Crippen molar-refractivity contribution >= 4 is 0 Å². The van der Waals surface area contributed by atoms with Crippen LogP contribution in [0, 0.1) is 5.92 Å². The highest BCUT2D eigenvalue weighted by atomic mass is 15.1. The summed E-state index contributed by atoms with van der Waals surface area (Å²) in [7, 11) is 0. The van der Waals surface area contributed by atoms with Crippen molar-refractivity contribution in [2.75, 3.05) is 6.54 Å². The summed E-state index contributed by atoms with van der Waals surface area (Å²) in [6, 6.07) is 6.68. The average Bonchev–Trinajstić information content (AvgIpc) is 2.96. The lowest BCUT2D eigenvalue weighted by Gasteiger charge is -2.24. The molecule has 3 rings (SSSR count).